The van der Waals surface area contributed by atoms with Crippen LogP contribution in [0.25, 0.3) is 6.08 Å². The number of hydrogen-bond donors (Lipinski definition) is 4. The second-order valence-electron chi connectivity index (χ2n) is 3.64. The molecular formula is C12H15O8P. The zero-order valence-corrected chi connectivity index (χ0v) is 11.7. The maximum Gasteiger partial charge on any atom is 0.466 e. The van der Waals surface area contributed by atoms with Crippen LogP contribution in [0.3, 0.4) is 0 Å². The molecule has 1 aromatic carbocycles. The fourth-order valence-electron chi connectivity index (χ4n) is 1.05. The SMILES string of the molecule is C=Cc1ccccc1.O=C1CC(O)C(=O)O1.O=P(O)(O)O. The standard InChI is InChI=1S/C8H8.C4H4O4.H3O4P/c1-2-8-6-4-3-5-7-8;5-2-1-3(6)8-4(2)7;1-5(2,3)4/h2-7H,1H2;2,5H,1H2;(H3,1,2,3,4). The molecule has 1 saturated heterocycles. The van der Waals surface area contributed by atoms with E-state index >= 15 is 0 Å². The lowest BCUT2D eigenvalue weighted by atomic mass is 10.2. The molecule has 0 saturated carbocycles. The van der Waals surface area contributed by atoms with Crippen molar-refractivity contribution in [3.05, 3.63) is 42.5 Å². The van der Waals surface area contributed by atoms with E-state index in [0.717, 1.165) is 0 Å². The molecule has 1 aliphatic rings. The van der Waals surface area contributed by atoms with Gasteiger partial charge in [0.25, 0.3) is 0 Å². The van der Waals surface area contributed by atoms with Crippen LogP contribution in [0.5, 0.6) is 0 Å². The topological polar surface area (TPSA) is 141 Å². The van der Waals surface area contributed by atoms with Crippen LogP contribution in [-0.4, -0.2) is 37.8 Å². The molecule has 1 atom stereocenters. The predicted octanol–water partition coefficient (Wildman–Crippen LogP) is 0.222. The second kappa shape index (κ2) is 9.17. The van der Waals surface area contributed by atoms with E-state index in [-0.39, 0.29) is 6.42 Å². The minimum absolute atomic E-state index is 0.196. The van der Waals surface area contributed by atoms with Gasteiger partial charge in [-0.25, -0.2) is 9.36 Å². The Labute approximate surface area is 120 Å². The van der Waals surface area contributed by atoms with Gasteiger partial charge in [0.2, 0.25) is 0 Å². The van der Waals surface area contributed by atoms with E-state index in [1.165, 1.54) is 5.56 Å². The van der Waals surface area contributed by atoms with Gasteiger partial charge in [0.1, 0.15) is 0 Å². The Hall–Kier alpha value is -1.83. The maximum absolute atomic E-state index is 10.1. The Morgan fingerprint density at radius 2 is 1.67 bits per heavy atom. The molecule has 0 bridgehead atoms. The molecule has 1 aliphatic heterocycles. The first kappa shape index (κ1) is 19.2. The van der Waals surface area contributed by atoms with Crippen LogP contribution in [-0.2, 0) is 18.9 Å². The molecule has 0 aromatic heterocycles. The molecule has 0 radical (unpaired) electrons. The average molecular weight is 318 g/mol. The maximum atomic E-state index is 10.1. The van der Waals surface area contributed by atoms with Gasteiger partial charge in [-0.15, -0.1) is 0 Å². The van der Waals surface area contributed by atoms with E-state index < -0.39 is 25.9 Å². The van der Waals surface area contributed by atoms with E-state index in [9.17, 15) is 9.59 Å². The lowest BCUT2D eigenvalue weighted by Gasteiger charge is -1.86. The number of benzene rings is 1. The summed E-state index contributed by atoms with van der Waals surface area (Å²) < 4.78 is 12.8. The molecule has 1 aromatic rings. The van der Waals surface area contributed by atoms with Crippen LogP contribution in [0.15, 0.2) is 36.9 Å². The average Bonchev–Trinajstić information content (AvgIpc) is 2.66. The van der Waals surface area contributed by atoms with Gasteiger partial charge >= 0.3 is 19.8 Å². The van der Waals surface area contributed by atoms with Crippen molar-refractivity contribution in [2.75, 3.05) is 0 Å². The van der Waals surface area contributed by atoms with Crippen molar-refractivity contribution in [2.24, 2.45) is 0 Å². The quantitative estimate of drug-likeness (QED) is 0.327. The van der Waals surface area contributed by atoms with Crippen LogP contribution in [0, 0.1) is 0 Å². The highest BCUT2D eigenvalue weighted by Crippen LogP contribution is 2.25. The summed E-state index contributed by atoms with van der Waals surface area (Å²) in [4.78, 5) is 41.7. The van der Waals surface area contributed by atoms with E-state index in [0.29, 0.717) is 0 Å². The van der Waals surface area contributed by atoms with Crippen molar-refractivity contribution in [3.63, 3.8) is 0 Å². The summed E-state index contributed by atoms with van der Waals surface area (Å²) >= 11 is 0. The zero-order valence-electron chi connectivity index (χ0n) is 10.8. The molecule has 1 fully saturated rings. The number of aliphatic hydroxyl groups excluding tert-OH is 1. The Balaban J connectivity index is 0.000000296. The predicted molar refractivity (Wildman–Crippen MR) is 72.5 cm³/mol. The fourth-order valence-corrected chi connectivity index (χ4v) is 1.05. The summed E-state index contributed by atoms with van der Waals surface area (Å²) in [6.07, 6.45) is 0.418. The van der Waals surface area contributed by atoms with Crippen molar-refractivity contribution >= 4 is 25.8 Å². The van der Waals surface area contributed by atoms with Gasteiger partial charge in [-0.1, -0.05) is 43.0 Å². The highest BCUT2D eigenvalue weighted by molar-refractivity contribution is 7.45. The number of rotatable bonds is 1. The molecule has 2 rings (SSSR count). The van der Waals surface area contributed by atoms with Crippen molar-refractivity contribution in [1.29, 1.82) is 0 Å². The first-order chi connectivity index (χ1) is 9.63. The summed E-state index contributed by atoms with van der Waals surface area (Å²) in [5.41, 5.74) is 1.17. The number of esters is 2. The Morgan fingerprint density at radius 3 is 1.86 bits per heavy atom. The number of aliphatic hydroxyl groups is 1. The molecule has 0 amide bonds. The first-order valence-corrected chi connectivity index (χ1v) is 7.08. The van der Waals surface area contributed by atoms with Crippen LogP contribution in [0.1, 0.15) is 12.0 Å². The van der Waals surface area contributed by atoms with E-state index in [1.54, 1.807) is 0 Å². The van der Waals surface area contributed by atoms with Crippen LogP contribution >= 0.6 is 7.82 Å². The van der Waals surface area contributed by atoms with Gasteiger partial charge in [-0.05, 0) is 5.56 Å². The third-order valence-corrected chi connectivity index (χ3v) is 1.88. The lowest BCUT2D eigenvalue weighted by Crippen LogP contribution is -2.11. The van der Waals surface area contributed by atoms with Gasteiger partial charge in [0.05, 0.1) is 6.42 Å². The monoisotopic (exact) mass is 318 g/mol. The zero-order chi connectivity index (χ0) is 16.5. The lowest BCUT2D eigenvalue weighted by molar-refractivity contribution is -0.154. The van der Waals surface area contributed by atoms with Crippen molar-refractivity contribution in [2.45, 2.75) is 12.5 Å². The number of hydrogen-bond acceptors (Lipinski definition) is 5. The van der Waals surface area contributed by atoms with E-state index in [1.807, 2.05) is 36.4 Å². The summed E-state index contributed by atoms with van der Waals surface area (Å²) in [6, 6.07) is 10.0. The number of ether oxygens (including phenoxy) is 1. The summed E-state index contributed by atoms with van der Waals surface area (Å²) in [7, 11) is -4.64. The van der Waals surface area contributed by atoms with Crippen molar-refractivity contribution in [3.8, 4) is 0 Å². The molecule has 21 heavy (non-hydrogen) atoms. The van der Waals surface area contributed by atoms with Gasteiger partial charge in [-0.2, -0.15) is 0 Å². The number of phosphoric acid groups is 1. The van der Waals surface area contributed by atoms with Crippen molar-refractivity contribution < 1.29 is 38.7 Å². The minimum Gasteiger partial charge on any atom is -0.391 e. The van der Waals surface area contributed by atoms with Crippen LogP contribution in [0.2, 0.25) is 0 Å². The Morgan fingerprint density at radius 1 is 1.19 bits per heavy atom. The fraction of sp³-hybridized carbons (Fsp3) is 0.167. The molecule has 1 heterocycles. The normalized spacial score (nSPS) is 16.9. The largest absolute Gasteiger partial charge is 0.466 e. The van der Waals surface area contributed by atoms with Gasteiger partial charge in [0, 0.05) is 0 Å². The highest BCUT2D eigenvalue weighted by Gasteiger charge is 2.30. The summed E-state index contributed by atoms with van der Waals surface area (Å²) in [5, 5.41) is 8.47. The molecule has 9 heteroatoms. The second-order valence-corrected chi connectivity index (χ2v) is 4.67. The minimum atomic E-state index is -4.64. The third kappa shape index (κ3) is 11.7. The summed E-state index contributed by atoms with van der Waals surface area (Å²) in [6.45, 7) is 3.63. The highest BCUT2D eigenvalue weighted by atomic mass is 31.2. The van der Waals surface area contributed by atoms with Gasteiger partial charge in [0.15, 0.2) is 6.10 Å². The number of cyclic esters (lactones) is 2. The van der Waals surface area contributed by atoms with Crippen LogP contribution in [0.4, 0.5) is 0 Å². The van der Waals surface area contributed by atoms with Gasteiger partial charge < -0.3 is 24.5 Å². The molecule has 4 N–H and O–H groups in total. The smallest absolute Gasteiger partial charge is 0.391 e. The first-order valence-electron chi connectivity index (χ1n) is 5.52. The molecule has 0 spiro atoms. The Kier molecular flexibility index (Phi) is 8.37. The Bertz CT molecular complexity index is 513. The summed E-state index contributed by atoms with van der Waals surface area (Å²) in [5.74, 6) is -1.49. The molecular weight excluding hydrogens is 303 g/mol. The number of carbonyl (C=O) groups excluding carboxylic acids is 2. The number of carbonyl (C=O) groups is 2. The molecule has 8 nitrogen and oxygen atoms in total. The van der Waals surface area contributed by atoms with Gasteiger partial charge in [-0.3, -0.25) is 4.79 Å². The van der Waals surface area contributed by atoms with E-state index in [4.69, 9.17) is 24.4 Å². The molecule has 116 valence electrons. The third-order valence-electron chi connectivity index (χ3n) is 1.88. The van der Waals surface area contributed by atoms with Crippen molar-refractivity contribution in [1.82, 2.24) is 0 Å². The molecule has 1 unspecified atom stereocenters. The van der Waals surface area contributed by atoms with E-state index in [2.05, 4.69) is 11.3 Å². The molecule has 0 aliphatic carbocycles. The van der Waals surface area contributed by atoms with Crippen LogP contribution < -0.4 is 0 Å².